The van der Waals surface area contributed by atoms with Gasteiger partial charge in [-0.1, -0.05) is 25.2 Å². The molecule has 0 atom stereocenters. The normalized spacial score (nSPS) is 19.8. The molecule has 2 saturated heterocycles. The van der Waals surface area contributed by atoms with Gasteiger partial charge >= 0.3 is 11.9 Å². The Labute approximate surface area is 217 Å². The molecule has 37 heavy (non-hydrogen) atoms. The van der Waals surface area contributed by atoms with Crippen molar-refractivity contribution in [2.75, 3.05) is 43.1 Å². The highest BCUT2D eigenvalue weighted by molar-refractivity contribution is 7.01. The minimum atomic E-state index is -2.18. The van der Waals surface area contributed by atoms with E-state index in [1.807, 2.05) is 0 Å². The second-order valence-corrected chi connectivity index (χ2v) is 15.4. The Hall–Kier alpha value is -3.58. The number of benzene rings is 3. The Kier molecular flexibility index (Phi) is 4.71. The van der Waals surface area contributed by atoms with E-state index in [4.69, 9.17) is 9.47 Å². The molecule has 7 rings (SSSR count). The van der Waals surface area contributed by atoms with Gasteiger partial charge in [0.2, 0.25) is 0 Å². The van der Waals surface area contributed by atoms with E-state index in [2.05, 4.69) is 59.3 Å². The van der Waals surface area contributed by atoms with E-state index in [1.165, 1.54) is 41.7 Å². The van der Waals surface area contributed by atoms with Crippen LogP contribution in [-0.2, 0) is 15.1 Å². The van der Waals surface area contributed by atoms with Crippen molar-refractivity contribution in [1.29, 1.82) is 0 Å². The van der Waals surface area contributed by atoms with Crippen molar-refractivity contribution in [2.24, 2.45) is 0 Å². The van der Waals surface area contributed by atoms with E-state index < -0.39 is 19.6 Å². The minimum absolute atomic E-state index is 0.358. The Morgan fingerprint density at radius 3 is 1.89 bits per heavy atom. The predicted octanol–water partition coefficient (Wildman–Crippen LogP) is 3.49. The fourth-order valence-corrected chi connectivity index (χ4v) is 9.63. The largest absolute Gasteiger partial charge is 0.465 e. The highest BCUT2D eigenvalue weighted by atomic mass is 28.3. The third-order valence-corrected chi connectivity index (χ3v) is 12.4. The van der Waals surface area contributed by atoms with Crippen LogP contribution in [0.15, 0.2) is 54.6 Å². The van der Waals surface area contributed by atoms with Crippen LogP contribution in [0.5, 0.6) is 0 Å². The van der Waals surface area contributed by atoms with Crippen molar-refractivity contribution in [3.05, 3.63) is 82.4 Å². The second kappa shape index (κ2) is 7.71. The number of rotatable bonds is 3. The first-order valence-electron chi connectivity index (χ1n) is 13.1. The number of carbonyl (C=O) groups is 2. The lowest BCUT2D eigenvalue weighted by Crippen LogP contribution is -2.63. The summed E-state index contributed by atoms with van der Waals surface area (Å²) in [4.78, 5) is 30.7. The second-order valence-electron chi connectivity index (χ2n) is 11.1. The van der Waals surface area contributed by atoms with Crippen LogP contribution in [0.2, 0.25) is 13.1 Å². The smallest absolute Gasteiger partial charge is 0.340 e. The Morgan fingerprint density at radius 2 is 1.41 bits per heavy atom. The highest BCUT2D eigenvalue weighted by Gasteiger charge is 2.56. The molecule has 6 nitrogen and oxygen atoms in total. The van der Waals surface area contributed by atoms with Crippen molar-refractivity contribution >= 4 is 41.8 Å². The van der Waals surface area contributed by atoms with Crippen molar-refractivity contribution in [2.45, 2.75) is 31.5 Å². The average molecular weight is 511 g/mol. The molecule has 0 aromatic heterocycles. The Bertz CT molecular complexity index is 1420. The maximum absolute atomic E-state index is 13.4. The predicted molar refractivity (Wildman–Crippen MR) is 146 cm³/mol. The summed E-state index contributed by atoms with van der Waals surface area (Å²) in [5.74, 6) is -0.784. The molecular formula is C30H30N2O4Si. The average Bonchev–Trinajstić information content (AvgIpc) is 3.13. The summed E-state index contributed by atoms with van der Waals surface area (Å²) < 4.78 is 11.5. The first-order valence-corrected chi connectivity index (χ1v) is 16.1. The topological polar surface area (TPSA) is 59.1 Å². The molecule has 0 radical (unpaired) electrons. The number of esters is 2. The van der Waals surface area contributed by atoms with E-state index in [0.717, 1.165) is 42.9 Å². The van der Waals surface area contributed by atoms with Gasteiger partial charge in [-0.2, -0.15) is 0 Å². The molecular weight excluding hydrogens is 480 g/mol. The molecule has 0 aliphatic carbocycles. The van der Waals surface area contributed by atoms with E-state index in [9.17, 15) is 9.59 Å². The number of anilines is 2. The van der Waals surface area contributed by atoms with Gasteiger partial charge in [-0.05, 0) is 65.7 Å². The molecule has 1 spiro atoms. The molecule has 0 unspecified atom stereocenters. The summed E-state index contributed by atoms with van der Waals surface area (Å²) in [5.41, 5.74) is 5.05. The van der Waals surface area contributed by atoms with E-state index in [1.54, 1.807) is 18.2 Å². The van der Waals surface area contributed by atoms with E-state index >= 15 is 0 Å². The van der Waals surface area contributed by atoms with Crippen LogP contribution in [0, 0.1) is 0 Å². The van der Waals surface area contributed by atoms with Crippen LogP contribution < -0.4 is 20.2 Å². The summed E-state index contributed by atoms with van der Waals surface area (Å²) in [6.07, 6.45) is 2.43. The number of hydrogen-bond donors (Lipinski definition) is 0. The van der Waals surface area contributed by atoms with Crippen LogP contribution in [0.3, 0.4) is 0 Å². The third-order valence-electron chi connectivity index (χ3n) is 8.84. The number of ether oxygens (including phenoxy) is 2. The zero-order chi connectivity index (χ0) is 25.5. The number of nitrogens with zero attached hydrogens (tertiary/aromatic N) is 2. The SMILES string of the molecule is COC(=O)c1ccc2c(c1)C1(OC2=O)c2ccc(N3CCC3)cc2[Si](C)(C)c2cc(N3CCC3)ccc21. The van der Waals surface area contributed by atoms with Gasteiger partial charge < -0.3 is 19.3 Å². The molecule has 4 aliphatic heterocycles. The Balaban J connectivity index is 1.53. The van der Waals surface area contributed by atoms with Gasteiger partial charge in [0.25, 0.3) is 0 Å². The molecule has 3 aromatic carbocycles. The first-order chi connectivity index (χ1) is 17.8. The van der Waals surface area contributed by atoms with E-state index in [0.29, 0.717) is 11.1 Å². The lowest BCUT2D eigenvalue weighted by Gasteiger charge is -2.45. The van der Waals surface area contributed by atoms with Crippen LogP contribution in [0.25, 0.3) is 0 Å². The van der Waals surface area contributed by atoms with Gasteiger partial charge in [0.05, 0.1) is 18.2 Å². The summed E-state index contributed by atoms with van der Waals surface area (Å²) in [5, 5.41) is 2.57. The van der Waals surface area contributed by atoms with Crippen LogP contribution in [-0.4, -0.2) is 53.3 Å². The van der Waals surface area contributed by atoms with Crippen LogP contribution in [0.4, 0.5) is 11.4 Å². The number of methoxy groups -OCH3 is 1. The molecule has 0 saturated carbocycles. The van der Waals surface area contributed by atoms with Crippen molar-refractivity contribution < 1.29 is 19.1 Å². The highest BCUT2D eigenvalue weighted by Crippen LogP contribution is 2.49. The fraction of sp³-hybridized carbons (Fsp3) is 0.333. The van der Waals surface area contributed by atoms with Gasteiger partial charge in [-0.25, -0.2) is 9.59 Å². The monoisotopic (exact) mass is 510 g/mol. The van der Waals surface area contributed by atoms with Gasteiger partial charge in [0.15, 0.2) is 5.60 Å². The minimum Gasteiger partial charge on any atom is -0.465 e. The fourth-order valence-electron chi connectivity index (χ4n) is 6.45. The molecule has 4 heterocycles. The van der Waals surface area contributed by atoms with Crippen LogP contribution >= 0.6 is 0 Å². The summed E-state index contributed by atoms with van der Waals surface area (Å²) in [6.45, 7) is 9.09. The maximum atomic E-state index is 13.4. The lowest BCUT2D eigenvalue weighted by atomic mass is 9.78. The molecule has 3 aromatic rings. The summed E-state index contributed by atoms with van der Waals surface area (Å²) >= 11 is 0. The van der Waals surface area contributed by atoms with Gasteiger partial charge in [-0.15, -0.1) is 0 Å². The maximum Gasteiger partial charge on any atom is 0.340 e. The van der Waals surface area contributed by atoms with Crippen molar-refractivity contribution in [3.8, 4) is 0 Å². The number of carbonyl (C=O) groups excluding carboxylic acids is 2. The van der Waals surface area contributed by atoms with Crippen molar-refractivity contribution in [3.63, 3.8) is 0 Å². The lowest BCUT2D eigenvalue weighted by molar-refractivity contribution is 0.0255. The molecule has 7 heteroatoms. The zero-order valence-electron chi connectivity index (χ0n) is 21.5. The van der Waals surface area contributed by atoms with Crippen LogP contribution in [0.1, 0.15) is 50.2 Å². The summed E-state index contributed by atoms with van der Waals surface area (Å²) in [7, 11) is -0.803. The first kappa shape index (κ1) is 22.6. The molecule has 0 amide bonds. The summed E-state index contributed by atoms with van der Waals surface area (Å²) in [6, 6.07) is 18.5. The van der Waals surface area contributed by atoms with E-state index in [-0.39, 0.29) is 5.97 Å². The number of hydrogen-bond acceptors (Lipinski definition) is 6. The Morgan fingerprint density at radius 1 is 0.838 bits per heavy atom. The zero-order valence-corrected chi connectivity index (χ0v) is 22.5. The molecule has 4 aliphatic rings. The quantitative estimate of drug-likeness (QED) is 0.397. The standard InChI is InChI=1S/C30H30N2O4Si/c1-35-28(33)19-6-9-22-25(16-19)30(36-29(22)34)23-10-7-20(31-12-4-13-31)17-26(23)37(2,3)27-18-21(8-11-24(27)30)32-14-5-15-32/h6-11,16-18H,4-5,12-15H2,1-3H3. The third kappa shape index (κ3) is 2.97. The van der Waals surface area contributed by atoms with Gasteiger partial charge in [0.1, 0.15) is 8.07 Å². The number of fused-ring (bicyclic) bond motifs is 6. The molecule has 188 valence electrons. The van der Waals surface area contributed by atoms with Gasteiger partial charge in [-0.3, -0.25) is 0 Å². The molecule has 0 N–H and O–H groups in total. The van der Waals surface area contributed by atoms with Crippen molar-refractivity contribution in [1.82, 2.24) is 0 Å². The molecule has 0 bridgehead atoms. The van der Waals surface area contributed by atoms with Gasteiger partial charge in [0, 0.05) is 54.2 Å². The molecule has 2 fully saturated rings.